The minimum Gasteiger partial charge on any atom is -0.405 e. The van der Waals surface area contributed by atoms with Crippen molar-refractivity contribution in [2.24, 2.45) is 5.73 Å². The summed E-state index contributed by atoms with van der Waals surface area (Å²) in [6.07, 6.45) is -4.73. The molecule has 5 heteroatoms. The van der Waals surface area contributed by atoms with Crippen molar-refractivity contribution in [1.82, 2.24) is 0 Å². The standard InChI is InChI=1S/C15H14F3NO/c1-10-2-4-11(5-3-10)12-6-7-13(9-19)14(8-12)20-15(16,17)18/h2-8H,9,19H2,1H3. The highest BCUT2D eigenvalue weighted by Crippen LogP contribution is 2.31. The third-order valence-electron chi connectivity index (χ3n) is 2.90. The van der Waals surface area contributed by atoms with Crippen LogP contribution in [0.15, 0.2) is 42.5 Å². The first-order valence-corrected chi connectivity index (χ1v) is 6.05. The van der Waals surface area contributed by atoms with E-state index >= 15 is 0 Å². The van der Waals surface area contributed by atoms with Crippen LogP contribution < -0.4 is 10.5 Å². The molecule has 0 aliphatic carbocycles. The van der Waals surface area contributed by atoms with Crippen molar-refractivity contribution in [1.29, 1.82) is 0 Å². The molecule has 0 atom stereocenters. The van der Waals surface area contributed by atoms with Crippen LogP contribution >= 0.6 is 0 Å². The van der Waals surface area contributed by atoms with Crippen LogP contribution in [-0.4, -0.2) is 6.36 Å². The SMILES string of the molecule is Cc1ccc(-c2ccc(CN)c(OC(F)(F)F)c2)cc1. The van der Waals surface area contributed by atoms with E-state index in [2.05, 4.69) is 4.74 Å². The summed E-state index contributed by atoms with van der Waals surface area (Å²) in [5, 5.41) is 0. The molecule has 0 saturated carbocycles. The minimum absolute atomic E-state index is 0.0143. The minimum atomic E-state index is -4.73. The first-order chi connectivity index (χ1) is 9.39. The van der Waals surface area contributed by atoms with Gasteiger partial charge in [0.05, 0.1) is 0 Å². The lowest BCUT2D eigenvalue weighted by molar-refractivity contribution is -0.274. The number of halogens is 3. The van der Waals surface area contributed by atoms with Crippen LogP contribution in [0.3, 0.4) is 0 Å². The van der Waals surface area contributed by atoms with Gasteiger partial charge in [-0.3, -0.25) is 0 Å². The van der Waals surface area contributed by atoms with Crippen LogP contribution in [-0.2, 0) is 6.54 Å². The first-order valence-electron chi connectivity index (χ1n) is 6.05. The van der Waals surface area contributed by atoms with E-state index in [1.165, 1.54) is 6.07 Å². The predicted octanol–water partition coefficient (Wildman–Crippen LogP) is 4.02. The second-order valence-electron chi connectivity index (χ2n) is 4.44. The Kier molecular flexibility index (Phi) is 3.99. The van der Waals surface area contributed by atoms with Gasteiger partial charge in [-0.1, -0.05) is 42.0 Å². The summed E-state index contributed by atoms with van der Waals surface area (Å²) in [5.74, 6) is -0.252. The summed E-state index contributed by atoms with van der Waals surface area (Å²) in [6, 6.07) is 12.1. The lowest BCUT2D eigenvalue weighted by Gasteiger charge is -2.14. The van der Waals surface area contributed by atoms with Gasteiger partial charge in [-0.05, 0) is 24.1 Å². The second kappa shape index (κ2) is 5.54. The Morgan fingerprint density at radius 2 is 1.60 bits per heavy atom. The molecule has 0 radical (unpaired) electrons. The molecule has 0 unspecified atom stereocenters. The van der Waals surface area contributed by atoms with E-state index in [4.69, 9.17) is 5.73 Å². The molecule has 0 fully saturated rings. The second-order valence-corrected chi connectivity index (χ2v) is 4.44. The van der Waals surface area contributed by atoms with E-state index in [0.29, 0.717) is 11.1 Å². The van der Waals surface area contributed by atoms with E-state index in [-0.39, 0.29) is 12.3 Å². The molecule has 0 aromatic heterocycles. The highest BCUT2D eigenvalue weighted by Gasteiger charge is 2.32. The Hall–Kier alpha value is -2.01. The number of rotatable bonds is 3. The van der Waals surface area contributed by atoms with Gasteiger partial charge in [0.25, 0.3) is 0 Å². The van der Waals surface area contributed by atoms with E-state index in [1.54, 1.807) is 12.1 Å². The van der Waals surface area contributed by atoms with Gasteiger partial charge in [0.2, 0.25) is 0 Å². The average Bonchev–Trinajstić information content (AvgIpc) is 2.37. The molecule has 0 aliphatic rings. The van der Waals surface area contributed by atoms with Gasteiger partial charge in [-0.15, -0.1) is 13.2 Å². The normalized spacial score (nSPS) is 11.4. The summed E-state index contributed by atoms with van der Waals surface area (Å²) >= 11 is 0. The summed E-state index contributed by atoms with van der Waals surface area (Å²) in [4.78, 5) is 0. The van der Waals surface area contributed by atoms with E-state index in [0.717, 1.165) is 11.1 Å². The number of hydrogen-bond acceptors (Lipinski definition) is 2. The van der Waals surface area contributed by atoms with Gasteiger partial charge in [0.1, 0.15) is 5.75 Å². The number of hydrogen-bond donors (Lipinski definition) is 1. The zero-order valence-corrected chi connectivity index (χ0v) is 10.9. The Morgan fingerprint density at radius 3 is 2.15 bits per heavy atom. The Balaban J connectivity index is 2.41. The van der Waals surface area contributed by atoms with Crippen LogP contribution in [0.25, 0.3) is 11.1 Å². The number of ether oxygens (including phenoxy) is 1. The van der Waals surface area contributed by atoms with E-state index < -0.39 is 6.36 Å². The largest absolute Gasteiger partial charge is 0.573 e. The molecular weight excluding hydrogens is 267 g/mol. The first kappa shape index (κ1) is 14.4. The van der Waals surface area contributed by atoms with Gasteiger partial charge >= 0.3 is 6.36 Å². The third-order valence-corrected chi connectivity index (χ3v) is 2.90. The molecule has 2 aromatic rings. The van der Waals surface area contributed by atoms with Gasteiger partial charge in [0.15, 0.2) is 0 Å². The van der Waals surface area contributed by atoms with Crippen LogP contribution in [0.1, 0.15) is 11.1 Å². The molecule has 0 saturated heterocycles. The maximum Gasteiger partial charge on any atom is 0.573 e. The van der Waals surface area contributed by atoms with Crippen molar-refractivity contribution >= 4 is 0 Å². The maximum absolute atomic E-state index is 12.4. The Bertz CT molecular complexity index is 591. The number of aryl methyl sites for hydroxylation is 1. The van der Waals surface area contributed by atoms with Gasteiger partial charge < -0.3 is 10.5 Å². The average molecular weight is 281 g/mol. The van der Waals surface area contributed by atoms with Crippen molar-refractivity contribution in [2.75, 3.05) is 0 Å². The van der Waals surface area contributed by atoms with Gasteiger partial charge in [-0.2, -0.15) is 0 Å². The van der Waals surface area contributed by atoms with E-state index in [9.17, 15) is 13.2 Å². The van der Waals surface area contributed by atoms with Crippen LogP contribution in [0, 0.1) is 6.92 Å². The maximum atomic E-state index is 12.4. The highest BCUT2D eigenvalue weighted by molar-refractivity contribution is 5.66. The number of benzene rings is 2. The highest BCUT2D eigenvalue weighted by atomic mass is 19.4. The Morgan fingerprint density at radius 1 is 1.00 bits per heavy atom. The topological polar surface area (TPSA) is 35.2 Å². The molecule has 2 nitrogen and oxygen atoms in total. The molecule has 0 amide bonds. The van der Waals surface area contributed by atoms with Gasteiger partial charge in [0, 0.05) is 12.1 Å². The van der Waals surface area contributed by atoms with Crippen molar-refractivity contribution in [3.05, 3.63) is 53.6 Å². The quantitative estimate of drug-likeness (QED) is 0.922. The molecule has 2 N–H and O–H groups in total. The smallest absolute Gasteiger partial charge is 0.405 e. The van der Waals surface area contributed by atoms with Crippen molar-refractivity contribution in [3.63, 3.8) is 0 Å². The zero-order valence-electron chi connectivity index (χ0n) is 10.9. The molecule has 2 aromatic carbocycles. The molecule has 20 heavy (non-hydrogen) atoms. The summed E-state index contributed by atoms with van der Waals surface area (Å²) in [7, 11) is 0. The Labute approximate surface area is 115 Å². The van der Waals surface area contributed by atoms with Gasteiger partial charge in [-0.25, -0.2) is 0 Å². The molecule has 0 bridgehead atoms. The zero-order chi connectivity index (χ0) is 14.8. The summed E-state index contributed by atoms with van der Waals surface area (Å²) in [6.45, 7) is 1.93. The fraction of sp³-hybridized carbons (Fsp3) is 0.200. The molecule has 2 rings (SSSR count). The number of nitrogens with two attached hydrogens (primary N) is 1. The monoisotopic (exact) mass is 281 g/mol. The van der Waals surface area contributed by atoms with Crippen LogP contribution in [0.5, 0.6) is 5.75 Å². The number of alkyl halides is 3. The molecule has 0 spiro atoms. The molecule has 0 heterocycles. The fourth-order valence-corrected chi connectivity index (χ4v) is 1.87. The van der Waals surface area contributed by atoms with Crippen molar-refractivity contribution in [3.8, 4) is 16.9 Å². The van der Waals surface area contributed by atoms with Crippen molar-refractivity contribution in [2.45, 2.75) is 19.8 Å². The van der Waals surface area contributed by atoms with Crippen molar-refractivity contribution < 1.29 is 17.9 Å². The fourth-order valence-electron chi connectivity index (χ4n) is 1.87. The third kappa shape index (κ3) is 3.51. The molecular formula is C15H14F3NO. The summed E-state index contributed by atoms with van der Waals surface area (Å²) < 4.78 is 41.2. The lowest BCUT2D eigenvalue weighted by atomic mass is 10.0. The van der Waals surface area contributed by atoms with E-state index in [1.807, 2.05) is 31.2 Å². The molecule has 106 valence electrons. The lowest BCUT2D eigenvalue weighted by Crippen LogP contribution is -2.18. The summed E-state index contributed by atoms with van der Waals surface area (Å²) in [5.41, 5.74) is 8.31. The van der Waals surface area contributed by atoms with Crippen LogP contribution in [0.2, 0.25) is 0 Å². The molecule has 0 aliphatic heterocycles. The van der Waals surface area contributed by atoms with Crippen LogP contribution in [0.4, 0.5) is 13.2 Å². The predicted molar refractivity (Wildman–Crippen MR) is 71.2 cm³/mol.